The number of imidazole rings is 1. The molecule has 1 amide bonds. The second-order valence-electron chi connectivity index (χ2n) is 8.81. The molecule has 0 radical (unpaired) electrons. The quantitative estimate of drug-likeness (QED) is 0.641. The number of nitrogens with zero attached hydrogens (tertiary/aromatic N) is 5. The molecule has 2 fully saturated rings. The molecule has 2 saturated heterocycles. The molecule has 0 unspecified atom stereocenters. The van der Waals surface area contributed by atoms with Crippen molar-refractivity contribution in [1.82, 2.24) is 19.8 Å². The van der Waals surface area contributed by atoms with E-state index < -0.39 is 0 Å². The minimum atomic E-state index is -0.0643. The summed E-state index contributed by atoms with van der Waals surface area (Å²) in [5, 5.41) is 13.4. The molecule has 1 aromatic heterocycles. The van der Waals surface area contributed by atoms with Gasteiger partial charge < -0.3 is 19.7 Å². The summed E-state index contributed by atoms with van der Waals surface area (Å²) in [6, 6.07) is 13.9. The van der Waals surface area contributed by atoms with Crippen molar-refractivity contribution in [3.05, 3.63) is 58.9 Å². The molecule has 2 aromatic carbocycles. The van der Waals surface area contributed by atoms with Gasteiger partial charge in [-0.15, -0.1) is 0 Å². The SMILES string of the molecule is C[C@H](c1ccc(Cl)cc1C#N)n1cnc2ccc(N3CCN(C(=O)[C@H]4CCCN4)CC3)cc21. The number of halogens is 1. The van der Waals surface area contributed by atoms with Crippen molar-refractivity contribution in [1.29, 1.82) is 5.26 Å². The largest absolute Gasteiger partial charge is 0.368 e. The molecule has 0 spiro atoms. The lowest BCUT2D eigenvalue weighted by molar-refractivity contribution is -0.133. The molecule has 0 bridgehead atoms. The van der Waals surface area contributed by atoms with Crippen LogP contribution < -0.4 is 10.2 Å². The van der Waals surface area contributed by atoms with E-state index >= 15 is 0 Å². The van der Waals surface area contributed by atoms with Crippen molar-refractivity contribution in [2.45, 2.75) is 31.8 Å². The van der Waals surface area contributed by atoms with Gasteiger partial charge in [0.2, 0.25) is 5.91 Å². The van der Waals surface area contributed by atoms with E-state index in [1.807, 2.05) is 29.4 Å². The van der Waals surface area contributed by atoms with Gasteiger partial charge in [0.15, 0.2) is 0 Å². The number of aromatic nitrogens is 2. The van der Waals surface area contributed by atoms with Gasteiger partial charge in [-0.25, -0.2) is 4.98 Å². The van der Waals surface area contributed by atoms with Crippen LogP contribution in [0.25, 0.3) is 11.0 Å². The highest BCUT2D eigenvalue weighted by molar-refractivity contribution is 6.30. The highest BCUT2D eigenvalue weighted by atomic mass is 35.5. The van der Waals surface area contributed by atoms with E-state index in [0.29, 0.717) is 10.6 Å². The Bertz CT molecular complexity index is 1220. The van der Waals surface area contributed by atoms with Gasteiger partial charge in [0.05, 0.1) is 41.1 Å². The number of hydrogen-bond acceptors (Lipinski definition) is 5. The van der Waals surface area contributed by atoms with Gasteiger partial charge in [-0.3, -0.25) is 4.79 Å². The van der Waals surface area contributed by atoms with E-state index in [4.69, 9.17) is 11.6 Å². The first kappa shape index (κ1) is 21.7. The van der Waals surface area contributed by atoms with Crippen molar-refractivity contribution >= 4 is 34.2 Å². The Morgan fingerprint density at radius 2 is 2.03 bits per heavy atom. The van der Waals surface area contributed by atoms with Gasteiger partial charge in [0.25, 0.3) is 0 Å². The monoisotopic (exact) mass is 462 g/mol. The summed E-state index contributed by atoms with van der Waals surface area (Å²) in [7, 11) is 0. The predicted molar refractivity (Wildman–Crippen MR) is 130 cm³/mol. The van der Waals surface area contributed by atoms with E-state index in [1.165, 1.54) is 0 Å². The fourth-order valence-electron chi connectivity index (χ4n) is 4.96. The van der Waals surface area contributed by atoms with Crippen LogP contribution in [-0.2, 0) is 4.79 Å². The van der Waals surface area contributed by atoms with Crippen molar-refractivity contribution < 1.29 is 4.79 Å². The third kappa shape index (κ3) is 4.17. The summed E-state index contributed by atoms with van der Waals surface area (Å²) >= 11 is 6.09. The molecule has 2 aliphatic rings. The Balaban J connectivity index is 1.36. The Morgan fingerprint density at radius 1 is 1.21 bits per heavy atom. The van der Waals surface area contributed by atoms with E-state index in [2.05, 4.69) is 44.9 Å². The molecule has 0 saturated carbocycles. The Hall–Kier alpha value is -3.08. The van der Waals surface area contributed by atoms with E-state index in [1.54, 1.807) is 6.07 Å². The van der Waals surface area contributed by atoms with E-state index in [-0.39, 0.29) is 18.0 Å². The van der Waals surface area contributed by atoms with Crippen molar-refractivity contribution in [3.8, 4) is 6.07 Å². The zero-order valence-corrected chi connectivity index (χ0v) is 19.4. The van der Waals surface area contributed by atoms with Crippen LogP contribution in [0.3, 0.4) is 0 Å². The summed E-state index contributed by atoms with van der Waals surface area (Å²) in [5.41, 5.74) is 4.55. The number of nitriles is 1. The zero-order chi connectivity index (χ0) is 22.9. The van der Waals surface area contributed by atoms with Crippen LogP contribution in [0, 0.1) is 11.3 Å². The zero-order valence-electron chi connectivity index (χ0n) is 18.7. The van der Waals surface area contributed by atoms with Gasteiger partial charge in [0.1, 0.15) is 0 Å². The van der Waals surface area contributed by atoms with Crippen molar-refractivity contribution in [3.63, 3.8) is 0 Å². The number of carbonyl (C=O) groups excluding carboxylic acids is 1. The Kier molecular flexibility index (Phi) is 5.96. The highest BCUT2D eigenvalue weighted by Gasteiger charge is 2.29. The molecule has 2 aliphatic heterocycles. The summed E-state index contributed by atoms with van der Waals surface area (Å²) in [4.78, 5) is 21.6. The number of hydrogen-bond donors (Lipinski definition) is 1. The summed E-state index contributed by atoms with van der Waals surface area (Å²) < 4.78 is 2.11. The van der Waals surface area contributed by atoms with Crippen LogP contribution in [0.4, 0.5) is 5.69 Å². The average molecular weight is 463 g/mol. The molecule has 5 rings (SSSR count). The Labute approximate surface area is 198 Å². The number of nitrogens with one attached hydrogen (secondary N) is 1. The first-order valence-corrected chi connectivity index (χ1v) is 11.9. The molecule has 8 heteroatoms. The third-order valence-corrected chi connectivity index (χ3v) is 7.11. The lowest BCUT2D eigenvalue weighted by atomic mass is 10.0. The van der Waals surface area contributed by atoms with Crippen LogP contribution in [0.1, 0.15) is 36.9 Å². The normalized spacial score (nSPS) is 19.6. The van der Waals surface area contributed by atoms with Crippen LogP contribution >= 0.6 is 11.6 Å². The molecule has 3 aromatic rings. The number of amides is 1. The summed E-state index contributed by atoms with van der Waals surface area (Å²) in [5.74, 6) is 0.241. The topological polar surface area (TPSA) is 77.2 Å². The number of piperazine rings is 1. The van der Waals surface area contributed by atoms with Gasteiger partial charge in [-0.2, -0.15) is 5.26 Å². The van der Waals surface area contributed by atoms with Crippen LogP contribution in [-0.4, -0.2) is 59.1 Å². The van der Waals surface area contributed by atoms with Gasteiger partial charge in [0, 0.05) is 36.9 Å². The third-order valence-electron chi connectivity index (χ3n) is 6.88. The number of fused-ring (bicyclic) bond motifs is 1. The molecular formula is C25H27ClN6O. The van der Waals surface area contributed by atoms with Crippen molar-refractivity contribution in [2.24, 2.45) is 0 Å². The average Bonchev–Trinajstić information content (AvgIpc) is 3.53. The van der Waals surface area contributed by atoms with Crippen molar-refractivity contribution in [2.75, 3.05) is 37.6 Å². The smallest absolute Gasteiger partial charge is 0.239 e. The molecule has 33 heavy (non-hydrogen) atoms. The number of rotatable bonds is 4. The predicted octanol–water partition coefficient (Wildman–Crippen LogP) is 3.57. The summed E-state index contributed by atoms with van der Waals surface area (Å²) in [6.07, 6.45) is 3.85. The maximum atomic E-state index is 12.7. The first-order chi connectivity index (χ1) is 16.0. The maximum absolute atomic E-state index is 12.7. The second-order valence-corrected chi connectivity index (χ2v) is 9.24. The van der Waals surface area contributed by atoms with Crippen LogP contribution in [0.5, 0.6) is 0 Å². The van der Waals surface area contributed by atoms with Gasteiger partial charge >= 0.3 is 0 Å². The highest BCUT2D eigenvalue weighted by Crippen LogP contribution is 2.30. The molecule has 2 atom stereocenters. The lowest BCUT2D eigenvalue weighted by Crippen LogP contribution is -2.53. The minimum absolute atomic E-state index is 0.00471. The van der Waals surface area contributed by atoms with Gasteiger partial charge in [-0.1, -0.05) is 17.7 Å². The molecule has 0 aliphatic carbocycles. The fraction of sp³-hybridized carbons (Fsp3) is 0.400. The molecule has 7 nitrogen and oxygen atoms in total. The number of anilines is 1. The fourth-order valence-corrected chi connectivity index (χ4v) is 5.13. The van der Waals surface area contributed by atoms with Crippen LogP contribution in [0.15, 0.2) is 42.7 Å². The maximum Gasteiger partial charge on any atom is 0.239 e. The van der Waals surface area contributed by atoms with Gasteiger partial charge in [-0.05, 0) is 62.2 Å². The van der Waals surface area contributed by atoms with E-state index in [0.717, 1.165) is 67.8 Å². The Morgan fingerprint density at radius 3 is 2.76 bits per heavy atom. The molecule has 3 heterocycles. The molecule has 170 valence electrons. The van der Waals surface area contributed by atoms with E-state index in [9.17, 15) is 10.1 Å². The molecular weight excluding hydrogens is 436 g/mol. The second kappa shape index (κ2) is 9.05. The standard InChI is InChI=1S/C25H27ClN6O/c1-17(21-6-4-19(26)13-18(21)15-27)32-16-29-22-7-5-20(14-24(22)32)30-9-11-31(12-10-30)25(33)23-3-2-8-28-23/h4-7,13-14,16-17,23,28H,2-3,8-12H2,1H3/t17-,23-/m1/s1. The lowest BCUT2D eigenvalue weighted by Gasteiger charge is -2.37. The first-order valence-electron chi connectivity index (χ1n) is 11.5. The number of carbonyl (C=O) groups is 1. The minimum Gasteiger partial charge on any atom is -0.368 e. The molecule has 1 N–H and O–H groups in total. The van der Waals surface area contributed by atoms with Crippen LogP contribution in [0.2, 0.25) is 5.02 Å². The number of benzene rings is 2. The summed E-state index contributed by atoms with van der Waals surface area (Å²) in [6.45, 7) is 6.10.